The Morgan fingerprint density at radius 2 is 2.39 bits per heavy atom. The number of halogens is 2. The lowest BCUT2D eigenvalue weighted by Gasteiger charge is -2.11. The molecule has 0 spiro atoms. The fourth-order valence-corrected chi connectivity index (χ4v) is 2.38. The molecule has 18 heavy (non-hydrogen) atoms. The SMILES string of the molecule is O=C(NCc1ccc(F)cc1Br)[C@@H]1C[C@@H](O)CN1. The highest BCUT2D eigenvalue weighted by atomic mass is 79.9. The summed E-state index contributed by atoms with van der Waals surface area (Å²) in [6, 6.07) is 3.98. The first-order valence-corrected chi connectivity index (χ1v) is 6.48. The van der Waals surface area contributed by atoms with Gasteiger partial charge in [-0.15, -0.1) is 0 Å². The molecule has 1 aliphatic rings. The molecule has 1 saturated heterocycles. The molecule has 0 bridgehead atoms. The highest BCUT2D eigenvalue weighted by Gasteiger charge is 2.27. The van der Waals surface area contributed by atoms with Gasteiger partial charge >= 0.3 is 0 Å². The van der Waals surface area contributed by atoms with Crippen molar-refractivity contribution in [1.82, 2.24) is 10.6 Å². The van der Waals surface area contributed by atoms with Crippen molar-refractivity contribution in [2.24, 2.45) is 0 Å². The number of carbonyl (C=O) groups is 1. The Morgan fingerprint density at radius 3 is 3.00 bits per heavy atom. The van der Waals surface area contributed by atoms with Crippen molar-refractivity contribution in [3.63, 3.8) is 0 Å². The van der Waals surface area contributed by atoms with E-state index in [-0.39, 0.29) is 17.8 Å². The first-order chi connectivity index (χ1) is 8.56. The van der Waals surface area contributed by atoms with Crippen LogP contribution in [0.5, 0.6) is 0 Å². The first-order valence-electron chi connectivity index (χ1n) is 5.69. The van der Waals surface area contributed by atoms with Gasteiger partial charge in [0.15, 0.2) is 0 Å². The van der Waals surface area contributed by atoms with E-state index in [1.165, 1.54) is 12.1 Å². The molecule has 4 nitrogen and oxygen atoms in total. The second-order valence-electron chi connectivity index (χ2n) is 4.30. The zero-order valence-electron chi connectivity index (χ0n) is 9.62. The summed E-state index contributed by atoms with van der Waals surface area (Å²) in [4.78, 5) is 11.8. The third-order valence-corrected chi connectivity index (χ3v) is 3.63. The molecule has 1 aromatic rings. The third-order valence-electron chi connectivity index (χ3n) is 2.89. The van der Waals surface area contributed by atoms with Crippen molar-refractivity contribution >= 4 is 21.8 Å². The number of hydrogen-bond acceptors (Lipinski definition) is 3. The number of aliphatic hydroxyl groups is 1. The van der Waals surface area contributed by atoms with Gasteiger partial charge in [0, 0.05) is 17.6 Å². The fraction of sp³-hybridized carbons (Fsp3) is 0.417. The molecule has 2 atom stereocenters. The minimum absolute atomic E-state index is 0.150. The molecule has 0 radical (unpaired) electrons. The van der Waals surface area contributed by atoms with Crippen LogP contribution in [-0.4, -0.2) is 29.7 Å². The number of hydrogen-bond donors (Lipinski definition) is 3. The van der Waals surface area contributed by atoms with Crippen molar-refractivity contribution < 1.29 is 14.3 Å². The molecule has 98 valence electrons. The molecule has 1 heterocycles. The van der Waals surface area contributed by atoms with Crippen LogP contribution in [0.2, 0.25) is 0 Å². The van der Waals surface area contributed by atoms with E-state index in [1.54, 1.807) is 6.07 Å². The van der Waals surface area contributed by atoms with E-state index in [2.05, 4.69) is 26.6 Å². The van der Waals surface area contributed by atoms with Crippen LogP contribution < -0.4 is 10.6 Å². The molecule has 3 N–H and O–H groups in total. The van der Waals surface area contributed by atoms with Crippen LogP contribution >= 0.6 is 15.9 Å². The second kappa shape index (κ2) is 5.77. The zero-order valence-corrected chi connectivity index (χ0v) is 11.2. The van der Waals surface area contributed by atoms with Gasteiger partial charge in [-0.25, -0.2) is 4.39 Å². The molecule has 1 aliphatic heterocycles. The Kier molecular flexibility index (Phi) is 4.31. The van der Waals surface area contributed by atoms with Crippen LogP contribution in [0.4, 0.5) is 4.39 Å². The van der Waals surface area contributed by atoms with E-state index < -0.39 is 6.10 Å². The van der Waals surface area contributed by atoms with Crippen LogP contribution in [0.15, 0.2) is 22.7 Å². The number of rotatable bonds is 3. The molecule has 0 aliphatic carbocycles. The number of aliphatic hydroxyl groups excluding tert-OH is 1. The van der Waals surface area contributed by atoms with Gasteiger partial charge in [0.2, 0.25) is 5.91 Å². The lowest BCUT2D eigenvalue weighted by atomic mass is 10.2. The summed E-state index contributed by atoms with van der Waals surface area (Å²) in [5.41, 5.74) is 0.809. The van der Waals surface area contributed by atoms with E-state index in [0.717, 1.165) is 5.56 Å². The summed E-state index contributed by atoms with van der Waals surface area (Å²) in [6.45, 7) is 0.770. The monoisotopic (exact) mass is 316 g/mol. The van der Waals surface area contributed by atoms with Crippen molar-refractivity contribution in [3.05, 3.63) is 34.1 Å². The van der Waals surface area contributed by atoms with Gasteiger partial charge in [-0.1, -0.05) is 22.0 Å². The van der Waals surface area contributed by atoms with Crippen molar-refractivity contribution in [1.29, 1.82) is 0 Å². The normalized spacial score (nSPS) is 23.1. The fourth-order valence-electron chi connectivity index (χ4n) is 1.89. The van der Waals surface area contributed by atoms with Crippen molar-refractivity contribution in [2.45, 2.75) is 25.1 Å². The Morgan fingerprint density at radius 1 is 1.61 bits per heavy atom. The standard InChI is InChI=1S/C12H14BrFN2O2/c13-10-3-8(14)2-1-7(10)5-16-12(18)11-4-9(17)6-15-11/h1-3,9,11,15,17H,4-6H2,(H,16,18)/t9-,11+/m1/s1. The van der Waals surface area contributed by atoms with Crippen LogP contribution in [-0.2, 0) is 11.3 Å². The molecule has 0 saturated carbocycles. The van der Waals surface area contributed by atoms with Gasteiger partial charge in [-0.3, -0.25) is 4.79 Å². The molecule has 0 unspecified atom stereocenters. The molecular formula is C12H14BrFN2O2. The first kappa shape index (κ1) is 13.5. The molecule has 2 rings (SSSR count). The van der Waals surface area contributed by atoms with Crippen molar-refractivity contribution in [2.75, 3.05) is 6.54 Å². The predicted molar refractivity (Wildman–Crippen MR) is 68.4 cm³/mol. The van der Waals surface area contributed by atoms with Gasteiger partial charge in [-0.05, 0) is 24.1 Å². The summed E-state index contributed by atoms with van der Waals surface area (Å²) in [7, 11) is 0. The van der Waals surface area contributed by atoms with Crippen molar-refractivity contribution in [3.8, 4) is 0 Å². The minimum Gasteiger partial charge on any atom is -0.392 e. The smallest absolute Gasteiger partial charge is 0.237 e. The highest BCUT2D eigenvalue weighted by Crippen LogP contribution is 2.18. The molecule has 1 amide bonds. The minimum atomic E-state index is -0.460. The average Bonchev–Trinajstić information content (AvgIpc) is 2.74. The summed E-state index contributed by atoms with van der Waals surface area (Å²) in [6.07, 6.45) is -0.0329. The molecule has 6 heteroatoms. The van der Waals surface area contributed by atoms with Crippen LogP contribution in [0.3, 0.4) is 0 Å². The maximum atomic E-state index is 12.9. The number of carbonyl (C=O) groups excluding carboxylic acids is 1. The Balaban J connectivity index is 1.89. The van der Waals surface area contributed by atoms with E-state index in [9.17, 15) is 14.3 Å². The molecular weight excluding hydrogens is 303 g/mol. The largest absolute Gasteiger partial charge is 0.392 e. The number of benzene rings is 1. The number of amides is 1. The average molecular weight is 317 g/mol. The predicted octanol–water partition coefficient (Wildman–Crippen LogP) is 0.927. The van der Waals surface area contributed by atoms with Gasteiger partial charge in [0.05, 0.1) is 12.1 Å². The zero-order chi connectivity index (χ0) is 13.1. The molecule has 1 fully saturated rings. The Labute approximate surface area is 113 Å². The van der Waals surface area contributed by atoms with Gasteiger partial charge in [0.25, 0.3) is 0 Å². The van der Waals surface area contributed by atoms with Gasteiger partial charge in [0.1, 0.15) is 5.82 Å². The quantitative estimate of drug-likeness (QED) is 0.777. The van der Waals surface area contributed by atoms with E-state index in [4.69, 9.17) is 0 Å². The highest BCUT2D eigenvalue weighted by molar-refractivity contribution is 9.10. The second-order valence-corrected chi connectivity index (χ2v) is 5.16. The van der Waals surface area contributed by atoms with Crippen LogP contribution in [0.1, 0.15) is 12.0 Å². The summed E-state index contributed by atoms with van der Waals surface area (Å²) in [5, 5.41) is 15.0. The number of β-amino-alcohol motifs (C(OH)–C–C–N with tert-alkyl or cyclic N) is 1. The molecule has 1 aromatic carbocycles. The van der Waals surface area contributed by atoms with Crippen LogP contribution in [0.25, 0.3) is 0 Å². The lowest BCUT2D eigenvalue weighted by Crippen LogP contribution is -2.40. The number of nitrogens with one attached hydrogen (secondary N) is 2. The maximum Gasteiger partial charge on any atom is 0.237 e. The maximum absolute atomic E-state index is 12.9. The van der Waals surface area contributed by atoms with Gasteiger partial charge < -0.3 is 15.7 Å². The molecule has 0 aromatic heterocycles. The summed E-state index contributed by atoms with van der Waals surface area (Å²) < 4.78 is 13.5. The summed E-state index contributed by atoms with van der Waals surface area (Å²) in [5.74, 6) is -0.472. The Hall–Kier alpha value is -0.980. The van der Waals surface area contributed by atoms with Gasteiger partial charge in [-0.2, -0.15) is 0 Å². The van der Waals surface area contributed by atoms with E-state index >= 15 is 0 Å². The van der Waals surface area contributed by atoms with Crippen LogP contribution in [0, 0.1) is 5.82 Å². The summed E-state index contributed by atoms with van der Waals surface area (Å²) >= 11 is 3.24. The third kappa shape index (κ3) is 3.28. The van der Waals surface area contributed by atoms with E-state index in [0.29, 0.717) is 24.0 Å². The Bertz CT molecular complexity index is 456. The topological polar surface area (TPSA) is 61.4 Å². The van der Waals surface area contributed by atoms with E-state index in [1.807, 2.05) is 0 Å². The lowest BCUT2D eigenvalue weighted by molar-refractivity contribution is -0.123.